The predicted octanol–water partition coefficient (Wildman–Crippen LogP) is 4.12. The van der Waals surface area contributed by atoms with Crippen molar-refractivity contribution in [3.05, 3.63) is 65.2 Å². The highest BCUT2D eigenvalue weighted by Crippen LogP contribution is 2.34. The Hall–Kier alpha value is -2.82. The Morgan fingerprint density at radius 3 is 2.34 bits per heavy atom. The van der Waals surface area contributed by atoms with E-state index >= 15 is 0 Å². The molecule has 5 heteroatoms. The number of anilines is 1. The highest BCUT2D eigenvalue weighted by Gasteiger charge is 2.27. The Balaban J connectivity index is 1.98. The number of amides is 1. The van der Waals surface area contributed by atoms with Crippen molar-refractivity contribution in [2.75, 3.05) is 31.1 Å². The van der Waals surface area contributed by atoms with Gasteiger partial charge in [-0.2, -0.15) is 0 Å². The molecule has 0 spiro atoms. The molecule has 1 heterocycles. The average Bonchev–Trinajstić information content (AvgIpc) is 2.76. The highest BCUT2D eigenvalue weighted by atomic mass is 16.5. The fraction of sp³-hybridized carbons (Fsp3) is 0.417. The Kier molecular flexibility index (Phi) is 7.28. The van der Waals surface area contributed by atoms with Gasteiger partial charge >= 0.3 is 5.97 Å². The minimum absolute atomic E-state index is 0.0270. The molecule has 1 aliphatic heterocycles. The molecule has 29 heavy (non-hydrogen) atoms. The molecule has 1 N–H and O–H groups in total. The van der Waals surface area contributed by atoms with Crippen molar-refractivity contribution in [3.8, 4) is 0 Å². The molecular weight excluding hydrogens is 364 g/mol. The molecular formula is C24H30N2O3. The number of carbonyl (C=O) groups excluding carboxylic acids is 2. The number of likely N-dealkylation sites (N-methyl/N-ethyl adjacent to an activating group) is 1. The number of piperidine rings is 1. The van der Waals surface area contributed by atoms with E-state index in [1.54, 1.807) is 19.1 Å². The average molecular weight is 395 g/mol. The van der Waals surface area contributed by atoms with Crippen LogP contribution in [-0.4, -0.2) is 38.1 Å². The summed E-state index contributed by atoms with van der Waals surface area (Å²) in [6.07, 6.45) is 3.61. The summed E-state index contributed by atoms with van der Waals surface area (Å²) >= 11 is 0. The van der Waals surface area contributed by atoms with Crippen LogP contribution in [-0.2, 0) is 9.53 Å². The van der Waals surface area contributed by atoms with Crippen LogP contribution in [0.4, 0.5) is 5.69 Å². The largest absolute Gasteiger partial charge is 0.462 e. The second-order valence-corrected chi connectivity index (χ2v) is 7.28. The first-order chi connectivity index (χ1) is 14.2. The number of hydrogen-bond donors (Lipinski definition) is 1. The number of rotatable bonds is 7. The van der Waals surface area contributed by atoms with Crippen LogP contribution < -0.4 is 10.2 Å². The molecule has 154 valence electrons. The Morgan fingerprint density at radius 1 is 1.00 bits per heavy atom. The van der Waals surface area contributed by atoms with Crippen LogP contribution in [0.25, 0.3) is 0 Å². The number of benzene rings is 2. The minimum Gasteiger partial charge on any atom is -0.462 e. The number of para-hydroxylation sites is 1. The molecule has 0 aliphatic carbocycles. The van der Waals surface area contributed by atoms with Gasteiger partial charge in [-0.1, -0.05) is 30.3 Å². The summed E-state index contributed by atoms with van der Waals surface area (Å²) in [5, 5.41) is 2.98. The highest BCUT2D eigenvalue weighted by molar-refractivity contribution is 5.91. The van der Waals surface area contributed by atoms with Crippen LogP contribution in [0.5, 0.6) is 0 Å². The van der Waals surface area contributed by atoms with Crippen LogP contribution in [0.1, 0.15) is 60.5 Å². The van der Waals surface area contributed by atoms with Crippen molar-refractivity contribution in [1.82, 2.24) is 5.32 Å². The van der Waals surface area contributed by atoms with E-state index in [9.17, 15) is 9.59 Å². The molecule has 1 fully saturated rings. The lowest BCUT2D eigenvalue weighted by molar-refractivity contribution is -0.121. The lowest BCUT2D eigenvalue weighted by atomic mass is 9.88. The molecule has 0 aromatic heterocycles. The molecule has 2 aromatic carbocycles. The number of hydrogen-bond acceptors (Lipinski definition) is 4. The summed E-state index contributed by atoms with van der Waals surface area (Å²) in [5.41, 5.74) is 3.49. The second-order valence-electron chi connectivity index (χ2n) is 7.28. The Morgan fingerprint density at radius 2 is 1.69 bits per heavy atom. The zero-order chi connectivity index (χ0) is 20.6. The normalized spacial score (nSPS) is 14.9. The molecule has 1 amide bonds. The van der Waals surface area contributed by atoms with Crippen molar-refractivity contribution in [1.29, 1.82) is 0 Å². The van der Waals surface area contributed by atoms with Crippen molar-refractivity contribution in [3.63, 3.8) is 0 Å². The molecule has 5 nitrogen and oxygen atoms in total. The van der Waals surface area contributed by atoms with Crippen LogP contribution in [0.3, 0.4) is 0 Å². The zero-order valence-electron chi connectivity index (χ0n) is 17.3. The molecule has 1 aliphatic rings. The molecule has 0 bridgehead atoms. The molecule has 3 rings (SSSR count). The van der Waals surface area contributed by atoms with Crippen LogP contribution in [0, 0.1) is 0 Å². The first kappa shape index (κ1) is 20.9. The van der Waals surface area contributed by atoms with Gasteiger partial charge < -0.3 is 15.0 Å². The van der Waals surface area contributed by atoms with Crippen molar-refractivity contribution in [2.24, 2.45) is 0 Å². The van der Waals surface area contributed by atoms with Gasteiger partial charge in [0, 0.05) is 25.3 Å². The lowest BCUT2D eigenvalue weighted by Crippen LogP contribution is -2.34. The summed E-state index contributed by atoms with van der Waals surface area (Å²) in [7, 11) is 0. The molecule has 1 unspecified atom stereocenters. The van der Waals surface area contributed by atoms with Crippen LogP contribution in [0.15, 0.2) is 48.5 Å². The van der Waals surface area contributed by atoms with Crippen molar-refractivity contribution >= 4 is 17.6 Å². The maximum absolute atomic E-state index is 13.1. The van der Waals surface area contributed by atoms with Gasteiger partial charge in [0.2, 0.25) is 5.91 Å². The standard InChI is InChI=1S/C24H30N2O3/c1-3-25-23(27)22(18-12-14-19(15-13-18)24(28)29-4-2)20-10-6-7-11-21(20)26-16-8-5-9-17-26/h6-7,10-15,22H,3-5,8-9,16-17H2,1-2H3,(H,25,27). The van der Waals surface area contributed by atoms with Gasteiger partial charge in [0.25, 0.3) is 0 Å². The first-order valence-corrected chi connectivity index (χ1v) is 10.5. The van der Waals surface area contributed by atoms with E-state index in [-0.39, 0.29) is 11.9 Å². The number of ether oxygens (including phenoxy) is 1. The van der Waals surface area contributed by atoms with E-state index in [2.05, 4.69) is 16.3 Å². The van der Waals surface area contributed by atoms with Crippen LogP contribution >= 0.6 is 0 Å². The van der Waals surface area contributed by atoms with E-state index in [0.717, 1.165) is 29.9 Å². The molecule has 0 radical (unpaired) electrons. The lowest BCUT2D eigenvalue weighted by Gasteiger charge is -2.32. The smallest absolute Gasteiger partial charge is 0.338 e. The Bertz CT molecular complexity index is 826. The fourth-order valence-electron chi connectivity index (χ4n) is 3.93. The summed E-state index contributed by atoms with van der Waals surface area (Å²) in [6, 6.07) is 15.4. The van der Waals surface area contributed by atoms with Gasteiger partial charge in [0.15, 0.2) is 0 Å². The quantitative estimate of drug-likeness (QED) is 0.718. The van der Waals surface area contributed by atoms with Gasteiger partial charge in [-0.15, -0.1) is 0 Å². The van der Waals surface area contributed by atoms with E-state index in [1.807, 2.05) is 37.3 Å². The maximum atomic E-state index is 13.1. The number of nitrogens with zero attached hydrogens (tertiary/aromatic N) is 1. The predicted molar refractivity (Wildman–Crippen MR) is 115 cm³/mol. The van der Waals surface area contributed by atoms with Gasteiger partial charge in [0.05, 0.1) is 18.1 Å². The maximum Gasteiger partial charge on any atom is 0.338 e. The number of carbonyl (C=O) groups is 2. The molecule has 0 saturated carbocycles. The zero-order valence-corrected chi connectivity index (χ0v) is 17.3. The Labute approximate surface area is 173 Å². The summed E-state index contributed by atoms with van der Waals surface area (Å²) in [5.74, 6) is -0.799. The van der Waals surface area contributed by atoms with E-state index in [4.69, 9.17) is 4.74 Å². The SMILES string of the molecule is CCNC(=O)C(c1ccc(C(=O)OCC)cc1)c1ccccc1N1CCCCC1. The van der Waals surface area contributed by atoms with Gasteiger partial charge in [-0.05, 0) is 62.4 Å². The van der Waals surface area contributed by atoms with Crippen molar-refractivity contribution < 1.29 is 14.3 Å². The van der Waals surface area contributed by atoms with E-state index in [1.165, 1.54) is 19.3 Å². The van der Waals surface area contributed by atoms with E-state index < -0.39 is 5.92 Å². The molecule has 1 atom stereocenters. The third kappa shape index (κ3) is 4.97. The molecule has 2 aromatic rings. The third-order valence-electron chi connectivity index (χ3n) is 5.31. The number of nitrogens with one attached hydrogen (secondary N) is 1. The van der Waals surface area contributed by atoms with Gasteiger partial charge in [-0.25, -0.2) is 4.79 Å². The molecule has 1 saturated heterocycles. The second kappa shape index (κ2) is 10.1. The van der Waals surface area contributed by atoms with E-state index in [0.29, 0.717) is 18.7 Å². The van der Waals surface area contributed by atoms with Gasteiger partial charge in [-0.3, -0.25) is 4.79 Å². The summed E-state index contributed by atoms with van der Waals surface area (Å²) in [6.45, 7) is 6.65. The van der Waals surface area contributed by atoms with Crippen molar-refractivity contribution in [2.45, 2.75) is 39.0 Å². The third-order valence-corrected chi connectivity index (χ3v) is 5.31. The topological polar surface area (TPSA) is 58.6 Å². The fourth-order valence-corrected chi connectivity index (χ4v) is 3.93. The minimum atomic E-state index is -0.427. The number of esters is 1. The van der Waals surface area contributed by atoms with Crippen LogP contribution in [0.2, 0.25) is 0 Å². The first-order valence-electron chi connectivity index (χ1n) is 10.5. The van der Waals surface area contributed by atoms with Gasteiger partial charge in [0.1, 0.15) is 0 Å². The summed E-state index contributed by atoms with van der Waals surface area (Å²) < 4.78 is 5.07. The monoisotopic (exact) mass is 394 g/mol. The summed E-state index contributed by atoms with van der Waals surface area (Å²) in [4.78, 5) is 27.5.